The molecule has 0 atom stereocenters. The van der Waals surface area contributed by atoms with Crippen LogP contribution in [0.4, 0.5) is 0 Å². The Hall–Kier alpha value is -1.57. The van der Waals surface area contributed by atoms with E-state index in [1.165, 1.54) is 6.42 Å². The van der Waals surface area contributed by atoms with E-state index in [0.29, 0.717) is 12.8 Å². The summed E-state index contributed by atoms with van der Waals surface area (Å²) in [6.45, 7) is 1.61. The first-order chi connectivity index (χ1) is 9.68. The molecule has 110 valence electrons. The first-order valence-electron chi connectivity index (χ1n) is 7.65. The Morgan fingerprint density at radius 1 is 1.05 bits per heavy atom. The summed E-state index contributed by atoms with van der Waals surface area (Å²) in [7, 11) is 0. The largest absolute Gasteiger partial charge is 0.346 e. The molecule has 2 fully saturated rings. The molecule has 5 heteroatoms. The van der Waals surface area contributed by atoms with Crippen molar-refractivity contribution in [1.82, 2.24) is 10.2 Å². The second-order valence-corrected chi connectivity index (χ2v) is 5.88. The first-order valence-corrected chi connectivity index (χ1v) is 7.65. The number of hydrogen-bond donors (Lipinski definition) is 1. The van der Waals surface area contributed by atoms with Crippen LogP contribution in [0.15, 0.2) is 0 Å². The van der Waals surface area contributed by atoms with Crippen LogP contribution in [0.2, 0.25) is 0 Å². The van der Waals surface area contributed by atoms with Crippen LogP contribution in [0.3, 0.4) is 0 Å². The number of nitrogens with one attached hydrogen (secondary N) is 1. The topological polar surface area (TPSA) is 73.2 Å². The number of hydrogen-bond acceptors (Lipinski definition) is 3. The molecule has 0 aromatic heterocycles. The van der Waals surface area contributed by atoms with E-state index >= 15 is 0 Å². The minimum Gasteiger partial charge on any atom is -0.346 e. The summed E-state index contributed by atoms with van der Waals surface area (Å²) < 4.78 is 0. The highest BCUT2D eigenvalue weighted by atomic mass is 16.2. The van der Waals surface area contributed by atoms with Crippen molar-refractivity contribution in [2.24, 2.45) is 5.41 Å². The zero-order valence-corrected chi connectivity index (χ0v) is 12.0. The van der Waals surface area contributed by atoms with E-state index in [9.17, 15) is 14.9 Å². The minimum atomic E-state index is -0.902. The second-order valence-electron chi connectivity index (χ2n) is 5.88. The first kappa shape index (κ1) is 14.8. The van der Waals surface area contributed by atoms with Crippen LogP contribution in [0, 0.1) is 16.7 Å². The number of carbonyl (C=O) groups is 2. The summed E-state index contributed by atoms with van der Waals surface area (Å²) >= 11 is 0. The molecule has 5 nitrogen and oxygen atoms in total. The number of nitriles is 1. The molecule has 0 unspecified atom stereocenters. The molecule has 2 amide bonds. The van der Waals surface area contributed by atoms with Gasteiger partial charge in [0.05, 0.1) is 12.6 Å². The lowest BCUT2D eigenvalue weighted by molar-refractivity contribution is -0.136. The molecule has 0 aromatic carbocycles. The Bertz CT molecular complexity index is 402. The van der Waals surface area contributed by atoms with Crippen LogP contribution in [-0.4, -0.2) is 36.3 Å². The van der Waals surface area contributed by atoms with Crippen LogP contribution in [0.5, 0.6) is 0 Å². The third-order valence-corrected chi connectivity index (χ3v) is 4.46. The van der Waals surface area contributed by atoms with Gasteiger partial charge in [-0.05, 0) is 32.1 Å². The van der Waals surface area contributed by atoms with Crippen molar-refractivity contribution in [3.05, 3.63) is 0 Å². The second kappa shape index (κ2) is 6.74. The molecular weight excluding hydrogens is 254 g/mol. The van der Waals surface area contributed by atoms with Crippen LogP contribution in [0.1, 0.15) is 51.4 Å². The summed E-state index contributed by atoms with van der Waals surface area (Å²) in [5.74, 6) is -0.285. The van der Waals surface area contributed by atoms with Crippen molar-refractivity contribution in [1.29, 1.82) is 5.26 Å². The molecule has 0 radical (unpaired) electrons. The van der Waals surface area contributed by atoms with Crippen molar-refractivity contribution in [2.75, 3.05) is 19.6 Å². The summed E-state index contributed by atoms with van der Waals surface area (Å²) in [6.07, 6.45) is 7.42. The van der Waals surface area contributed by atoms with Crippen LogP contribution >= 0.6 is 0 Å². The fraction of sp³-hybridized carbons (Fsp3) is 0.800. The normalized spacial score (nSPS) is 21.9. The van der Waals surface area contributed by atoms with Gasteiger partial charge >= 0.3 is 0 Å². The van der Waals surface area contributed by atoms with Gasteiger partial charge in [0.15, 0.2) is 0 Å². The number of rotatable bonds is 3. The van der Waals surface area contributed by atoms with Gasteiger partial charge in [-0.15, -0.1) is 0 Å². The van der Waals surface area contributed by atoms with Gasteiger partial charge in [-0.1, -0.05) is 19.3 Å². The van der Waals surface area contributed by atoms with Crippen molar-refractivity contribution in [3.63, 3.8) is 0 Å². The maximum atomic E-state index is 12.2. The van der Waals surface area contributed by atoms with Crippen LogP contribution < -0.4 is 5.32 Å². The van der Waals surface area contributed by atoms with Crippen LogP contribution in [0.25, 0.3) is 0 Å². The average molecular weight is 277 g/mol. The monoisotopic (exact) mass is 277 g/mol. The summed E-state index contributed by atoms with van der Waals surface area (Å²) in [5.41, 5.74) is -0.902. The lowest BCUT2D eigenvalue weighted by Gasteiger charge is -2.30. The fourth-order valence-electron chi connectivity index (χ4n) is 3.13. The molecule has 0 bridgehead atoms. The van der Waals surface area contributed by atoms with E-state index in [4.69, 9.17) is 0 Å². The Morgan fingerprint density at radius 3 is 2.25 bits per heavy atom. The van der Waals surface area contributed by atoms with Gasteiger partial charge in [-0.3, -0.25) is 9.59 Å². The summed E-state index contributed by atoms with van der Waals surface area (Å²) in [4.78, 5) is 26.0. The molecule has 20 heavy (non-hydrogen) atoms. The summed E-state index contributed by atoms with van der Waals surface area (Å²) in [5, 5.41) is 12.0. The molecule has 0 spiro atoms. The number of likely N-dealkylation sites (tertiary alicyclic amines) is 1. The van der Waals surface area contributed by atoms with E-state index in [1.807, 2.05) is 4.90 Å². The molecule has 1 saturated heterocycles. The Morgan fingerprint density at radius 2 is 1.65 bits per heavy atom. The zero-order valence-electron chi connectivity index (χ0n) is 12.0. The van der Waals surface area contributed by atoms with Crippen molar-refractivity contribution < 1.29 is 9.59 Å². The molecule has 1 aliphatic heterocycles. The predicted molar refractivity (Wildman–Crippen MR) is 74.6 cm³/mol. The van der Waals surface area contributed by atoms with E-state index in [-0.39, 0.29) is 18.4 Å². The maximum Gasteiger partial charge on any atom is 0.241 e. The van der Waals surface area contributed by atoms with Crippen molar-refractivity contribution in [3.8, 4) is 6.07 Å². The molecule has 2 aliphatic rings. The van der Waals surface area contributed by atoms with Crippen molar-refractivity contribution >= 4 is 11.8 Å². The molecule has 1 saturated carbocycles. The molecule has 0 aromatic rings. The SMILES string of the molecule is N#CC1(C(=O)NCC(=O)N2CCCCC2)CCCCC1. The highest BCUT2D eigenvalue weighted by molar-refractivity contribution is 5.89. The smallest absolute Gasteiger partial charge is 0.241 e. The quantitative estimate of drug-likeness (QED) is 0.851. The number of carbonyl (C=O) groups excluding carboxylic acids is 2. The van der Waals surface area contributed by atoms with Gasteiger partial charge in [0.2, 0.25) is 11.8 Å². The van der Waals surface area contributed by atoms with Crippen LogP contribution in [-0.2, 0) is 9.59 Å². The molecule has 1 aliphatic carbocycles. The Kier molecular flexibility index (Phi) is 4.99. The third-order valence-electron chi connectivity index (χ3n) is 4.46. The number of piperidine rings is 1. The van der Waals surface area contributed by atoms with E-state index < -0.39 is 5.41 Å². The highest BCUT2D eigenvalue weighted by Gasteiger charge is 2.39. The van der Waals surface area contributed by atoms with Gasteiger partial charge in [-0.25, -0.2) is 0 Å². The Labute approximate surface area is 120 Å². The van der Waals surface area contributed by atoms with E-state index in [0.717, 1.165) is 45.2 Å². The molecule has 1 N–H and O–H groups in total. The minimum absolute atomic E-state index is 0.0260. The lowest BCUT2D eigenvalue weighted by Crippen LogP contribution is -2.47. The molecule has 2 rings (SSSR count). The highest BCUT2D eigenvalue weighted by Crippen LogP contribution is 2.35. The standard InChI is InChI=1S/C15H23N3O2/c16-12-15(7-3-1-4-8-15)14(20)17-11-13(19)18-9-5-2-6-10-18/h1-11H2,(H,17,20). The van der Waals surface area contributed by atoms with Gasteiger partial charge in [0, 0.05) is 13.1 Å². The lowest BCUT2D eigenvalue weighted by atomic mass is 9.74. The number of amides is 2. The predicted octanol–water partition coefficient (Wildman–Crippen LogP) is 1.59. The third kappa shape index (κ3) is 3.30. The van der Waals surface area contributed by atoms with Crippen molar-refractivity contribution in [2.45, 2.75) is 51.4 Å². The maximum absolute atomic E-state index is 12.2. The van der Waals surface area contributed by atoms with Gasteiger partial charge in [0.25, 0.3) is 0 Å². The van der Waals surface area contributed by atoms with Gasteiger partial charge < -0.3 is 10.2 Å². The fourth-order valence-corrected chi connectivity index (χ4v) is 3.13. The van der Waals surface area contributed by atoms with E-state index in [2.05, 4.69) is 11.4 Å². The Balaban J connectivity index is 1.84. The van der Waals surface area contributed by atoms with Gasteiger partial charge in [-0.2, -0.15) is 5.26 Å². The molecular formula is C15H23N3O2. The molecule has 1 heterocycles. The number of nitrogens with zero attached hydrogens (tertiary/aromatic N) is 2. The average Bonchev–Trinajstić information content (AvgIpc) is 2.53. The van der Waals surface area contributed by atoms with Gasteiger partial charge in [0.1, 0.15) is 5.41 Å². The van der Waals surface area contributed by atoms with E-state index in [1.54, 1.807) is 0 Å². The zero-order chi connectivity index (χ0) is 14.4. The summed E-state index contributed by atoms with van der Waals surface area (Å²) in [6, 6.07) is 2.18.